The van der Waals surface area contributed by atoms with E-state index in [-0.39, 0.29) is 5.78 Å². The number of hydrogen-bond donors (Lipinski definition) is 0. The molecule has 0 aromatic heterocycles. The molecule has 3 nitrogen and oxygen atoms in total. The number of carbonyl (C=O) groups excluding carboxylic acids is 1. The molecule has 0 radical (unpaired) electrons. The Morgan fingerprint density at radius 2 is 2.19 bits per heavy atom. The molecular formula is C13H14N2O. The second kappa shape index (κ2) is 4.46. The molecule has 1 aromatic rings. The topological polar surface area (TPSA) is 44.1 Å². The molecule has 0 fully saturated rings. The lowest BCUT2D eigenvalue weighted by Gasteiger charge is -2.11. The molecule has 0 atom stereocenters. The number of rotatable bonds is 3. The van der Waals surface area contributed by atoms with Crippen molar-refractivity contribution in [1.29, 1.82) is 5.26 Å². The van der Waals surface area contributed by atoms with Crippen LogP contribution in [0.1, 0.15) is 34.8 Å². The molecule has 1 aromatic carbocycles. The van der Waals surface area contributed by atoms with Gasteiger partial charge in [-0.1, -0.05) is 12.1 Å². The van der Waals surface area contributed by atoms with E-state index in [1.54, 1.807) is 6.92 Å². The minimum Gasteiger partial charge on any atom is -0.295 e. The number of nitriles is 1. The molecule has 0 saturated heterocycles. The fraction of sp³-hybridized carbons (Fsp3) is 0.385. The summed E-state index contributed by atoms with van der Waals surface area (Å²) in [7, 11) is 0. The molecule has 0 saturated carbocycles. The zero-order valence-electron chi connectivity index (χ0n) is 9.36. The van der Waals surface area contributed by atoms with Gasteiger partial charge in [0.25, 0.3) is 0 Å². The highest BCUT2D eigenvalue weighted by Crippen LogP contribution is 2.23. The summed E-state index contributed by atoms with van der Waals surface area (Å²) in [5.74, 6) is 0.110. The Balaban J connectivity index is 2.13. The molecular weight excluding hydrogens is 200 g/mol. The third-order valence-electron chi connectivity index (χ3n) is 2.94. The van der Waals surface area contributed by atoms with Crippen molar-refractivity contribution >= 4 is 5.78 Å². The molecule has 3 heteroatoms. The Bertz CT molecular complexity index is 459. The summed E-state index contributed by atoms with van der Waals surface area (Å²) in [5.41, 5.74) is 3.29. The number of fused-ring (bicyclic) bond motifs is 1. The molecule has 1 heterocycles. The molecule has 1 aliphatic heterocycles. The quantitative estimate of drug-likeness (QED) is 0.724. The van der Waals surface area contributed by atoms with Crippen LogP contribution in [0.15, 0.2) is 18.2 Å². The summed E-state index contributed by atoms with van der Waals surface area (Å²) in [6.45, 7) is 4.15. The van der Waals surface area contributed by atoms with Crippen molar-refractivity contribution in [3.8, 4) is 6.07 Å². The van der Waals surface area contributed by atoms with Crippen LogP contribution >= 0.6 is 0 Å². The summed E-state index contributed by atoms with van der Waals surface area (Å²) < 4.78 is 0. The predicted octanol–water partition coefficient (Wildman–Crippen LogP) is 2.12. The van der Waals surface area contributed by atoms with E-state index in [4.69, 9.17) is 5.26 Å². The summed E-state index contributed by atoms with van der Waals surface area (Å²) in [5, 5.41) is 8.54. The van der Waals surface area contributed by atoms with Gasteiger partial charge >= 0.3 is 0 Å². The molecule has 0 N–H and O–H groups in total. The lowest BCUT2D eigenvalue weighted by atomic mass is 10.0. The summed E-state index contributed by atoms with van der Waals surface area (Å²) in [6.07, 6.45) is 0.563. The Morgan fingerprint density at radius 1 is 1.44 bits per heavy atom. The van der Waals surface area contributed by atoms with Crippen LogP contribution in [-0.4, -0.2) is 17.2 Å². The van der Waals surface area contributed by atoms with Gasteiger partial charge in [-0.25, -0.2) is 0 Å². The van der Waals surface area contributed by atoms with Gasteiger partial charge in [-0.3, -0.25) is 9.69 Å². The second-order valence-corrected chi connectivity index (χ2v) is 4.16. The van der Waals surface area contributed by atoms with Crippen LogP contribution in [0.25, 0.3) is 0 Å². The Kier molecular flexibility index (Phi) is 3.02. The van der Waals surface area contributed by atoms with Crippen molar-refractivity contribution in [2.75, 3.05) is 6.54 Å². The Hall–Kier alpha value is -1.66. The maximum atomic E-state index is 11.2. The molecule has 0 bridgehead atoms. The number of benzene rings is 1. The number of ketones is 1. The third kappa shape index (κ3) is 2.12. The Morgan fingerprint density at radius 3 is 2.88 bits per heavy atom. The van der Waals surface area contributed by atoms with E-state index in [0.29, 0.717) is 6.42 Å². The van der Waals surface area contributed by atoms with Crippen LogP contribution in [0.4, 0.5) is 0 Å². The van der Waals surface area contributed by atoms with Gasteiger partial charge in [0, 0.05) is 31.6 Å². The lowest BCUT2D eigenvalue weighted by molar-refractivity contribution is 0.101. The first kappa shape index (κ1) is 10.8. The molecule has 0 amide bonds. The van der Waals surface area contributed by atoms with Crippen molar-refractivity contribution in [3.05, 3.63) is 34.9 Å². The zero-order valence-corrected chi connectivity index (χ0v) is 9.36. The van der Waals surface area contributed by atoms with E-state index in [1.165, 1.54) is 11.1 Å². The number of hydrogen-bond acceptors (Lipinski definition) is 3. The average Bonchev–Trinajstić information content (AvgIpc) is 2.67. The highest BCUT2D eigenvalue weighted by Gasteiger charge is 2.18. The van der Waals surface area contributed by atoms with E-state index < -0.39 is 0 Å². The monoisotopic (exact) mass is 214 g/mol. The van der Waals surface area contributed by atoms with Crippen molar-refractivity contribution in [2.24, 2.45) is 0 Å². The van der Waals surface area contributed by atoms with Crippen LogP contribution < -0.4 is 0 Å². The van der Waals surface area contributed by atoms with Gasteiger partial charge in [0.1, 0.15) is 0 Å². The van der Waals surface area contributed by atoms with E-state index in [9.17, 15) is 4.79 Å². The second-order valence-electron chi connectivity index (χ2n) is 4.16. The lowest BCUT2D eigenvalue weighted by Crippen LogP contribution is -2.16. The van der Waals surface area contributed by atoms with Gasteiger partial charge in [0.15, 0.2) is 5.78 Å². The first-order chi connectivity index (χ1) is 7.70. The smallest absolute Gasteiger partial charge is 0.159 e. The standard InChI is InChI=1S/C13H14N2O/c1-10(16)11-3-4-12-8-15(6-2-5-14)9-13(12)7-11/h3-4,7H,2,6,8-9H2,1H3. The summed E-state index contributed by atoms with van der Waals surface area (Å²) >= 11 is 0. The minimum absolute atomic E-state index is 0.110. The predicted molar refractivity (Wildman–Crippen MR) is 60.8 cm³/mol. The normalized spacial score (nSPS) is 14.5. The first-order valence-electron chi connectivity index (χ1n) is 5.43. The summed E-state index contributed by atoms with van der Waals surface area (Å²) in [6, 6.07) is 8.04. The van der Waals surface area contributed by atoms with Gasteiger partial charge in [-0.15, -0.1) is 0 Å². The van der Waals surface area contributed by atoms with Crippen LogP contribution in [0, 0.1) is 11.3 Å². The van der Waals surface area contributed by atoms with E-state index in [2.05, 4.69) is 11.0 Å². The highest BCUT2D eigenvalue weighted by molar-refractivity contribution is 5.94. The Labute approximate surface area is 95.3 Å². The molecule has 0 unspecified atom stereocenters. The maximum Gasteiger partial charge on any atom is 0.159 e. The van der Waals surface area contributed by atoms with Crippen LogP contribution in [-0.2, 0) is 13.1 Å². The zero-order chi connectivity index (χ0) is 11.5. The van der Waals surface area contributed by atoms with Crippen molar-refractivity contribution in [2.45, 2.75) is 26.4 Å². The first-order valence-corrected chi connectivity index (χ1v) is 5.43. The fourth-order valence-corrected chi connectivity index (χ4v) is 2.05. The van der Waals surface area contributed by atoms with Crippen LogP contribution in [0.3, 0.4) is 0 Å². The number of Topliss-reactive ketones (excluding diaryl/α,β-unsaturated/α-hetero) is 1. The van der Waals surface area contributed by atoms with E-state index in [1.807, 2.05) is 18.2 Å². The molecule has 0 spiro atoms. The van der Waals surface area contributed by atoms with E-state index in [0.717, 1.165) is 25.2 Å². The van der Waals surface area contributed by atoms with Gasteiger partial charge in [-0.2, -0.15) is 5.26 Å². The largest absolute Gasteiger partial charge is 0.295 e. The maximum absolute atomic E-state index is 11.2. The van der Waals surface area contributed by atoms with Crippen molar-refractivity contribution in [1.82, 2.24) is 4.90 Å². The van der Waals surface area contributed by atoms with Gasteiger partial charge < -0.3 is 0 Å². The van der Waals surface area contributed by atoms with Crippen LogP contribution in [0.5, 0.6) is 0 Å². The molecule has 2 rings (SSSR count). The number of carbonyl (C=O) groups is 1. The van der Waals surface area contributed by atoms with Crippen molar-refractivity contribution in [3.63, 3.8) is 0 Å². The van der Waals surface area contributed by atoms with Gasteiger partial charge in [-0.05, 0) is 24.1 Å². The van der Waals surface area contributed by atoms with Gasteiger partial charge in [0.2, 0.25) is 0 Å². The summed E-state index contributed by atoms with van der Waals surface area (Å²) in [4.78, 5) is 13.5. The fourth-order valence-electron chi connectivity index (χ4n) is 2.05. The molecule has 82 valence electrons. The minimum atomic E-state index is 0.110. The molecule has 16 heavy (non-hydrogen) atoms. The van der Waals surface area contributed by atoms with E-state index >= 15 is 0 Å². The average molecular weight is 214 g/mol. The number of nitrogens with zero attached hydrogens (tertiary/aromatic N) is 2. The molecule has 1 aliphatic rings. The SMILES string of the molecule is CC(=O)c1ccc2c(c1)CN(CCC#N)C2. The highest BCUT2D eigenvalue weighted by atomic mass is 16.1. The van der Waals surface area contributed by atoms with Gasteiger partial charge in [0.05, 0.1) is 6.07 Å². The molecule has 0 aliphatic carbocycles. The van der Waals surface area contributed by atoms with Crippen molar-refractivity contribution < 1.29 is 4.79 Å². The van der Waals surface area contributed by atoms with Crippen LogP contribution in [0.2, 0.25) is 0 Å². The third-order valence-corrected chi connectivity index (χ3v) is 2.94.